The van der Waals surface area contributed by atoms with E-state index in [1.807, 2.05) is 23.1 Å². The minimum absolute atomic E-state index is 0.0984. The van der Waals surface area contributed by atoms with Crippen LogP contribution in [0.4, 0.5) is 0 Å². The van der Waals surface area contributed by atoms with Crippen molar-refractivity contribution in [2.75, 3.05) is 26.2 Å². The van der Waals surface area contributed by atoms with Crippen molar-refractivity contribution in [1.29, 1.82) is 0 Å². The van der Waals surface area contributed by atoms with Gasteiger partial charge in [0.1, 0.15) is 12.4 Å². The molecule has 2 heterocycles. The average Bonchev–Trinajstić information content (AvgIpc) is 3.43. The first-order valence-electron chi connectivity index (χ1n) is 8.84. The average molecular weight is 347 g/mol. The summed E-state index contributed by atoms with van der Waals surface area (Å²) in [6, 6.07) is 6.07. The molecule has 1 N–H and O–H groups in total. The van der Waals surface area contributed by atoms with Crippen molar-refractivity contribution in [2.45, 2.75) is 31.7 Å². The van der Waals surface area contributed by atoms with Crippen LogP contribution >= 0.6 is 11.6 Å². The molecule has 2 fully saturated rings. The number of carbonyl (C=O) groups excluding carboxylic acids is 1. The zero-order valence-electron chi connectivity index (χ0n) is 13.8. The summed E-state index contributed by atoms with van der Waals surface area (Å²) in [6.07, 6.45) is 6.75. The lowest BCUT2D eigenvalue weighted by atomic mass is 10.0. The highest BCUT2D eigenvalue weighted by Crippen LogP contribution is 2.30. The Morgan fingerprint density at radius 1 is 1.25 bits per heavy atom. The first kappa shape index (κ1) is 16.0. The van der Waals surface area contributed by atoms with E-state index in [9.17, 15) is 4.79 Å². The molecule has 128 valence electrons. The quantitative estimate of drug-likeness (QED) is 0.910. The molecule has 1 aromatic carbocycles. The van der Waals surface area contributed by atoms with Gasteiger partial charge in [0.25, 0.3) is 5.91 Å². The molecule has 1 amide bonds. The minimum Gasteiger partial charge on any atom is -0.488 e. The van der Waals surface area contributed by atoms with Gasteiger partial charge in [0.05, 0.1) is 5.57 Å². The summed E-state index contributed by atoms with van der Waals surface area (Å²) in [5.74, 6) is 1.79. The van der Waals surface area contributed by atoms with Crippen LogP contribution in [0.3, 0.4) is 0 Å². The number of hydrogen-bond donors (Lipinski definition) is 1. The summed E-state index contributed by atoms with van der Waals surface area (Å²) in [5.41, 5.74) is 1.60. The molecule has 5 heteroatoms. The Hall–Kier alpha value is -1.52. The van der Waals surface area contributed by atoms with E-state index in [0.717, 1.165) is 49.7 Å². The van der Waals surface area contributed by atoms with Crippen molar-refractivity contribution in [3.63, 3.8) is 0 Å². The van der Waals surface area contributed by atoms with Gasteiger partial charge in [-0.05, 0) is 62.4 Å². The number of nitrogens with one attached hydrogen (secondary N) is 1. The number of halogens is 1. The first-order valence-corrected chi connectivity index (χ1v) is 9.22. The second-order valence-corrected chi connectivity index (χ2v) is 7.49. The Balaban J connectivity index is 1.36. The summed E-state index contributed by atoms with van der Waals surface area (Å²) in [7, 11) is 0. The van der Waals surface area contributed by atoms with E-state index in [2.05, 4.69) is 5.32 Å². The number of benzene rings is 1. The highest BCUT2D eigenvalue weighted by Gasteiger charge is 2.28. The molecule has 0 spiro atoms. The van der Waals surface area contributed by atoms with Gasteiger partial charge in [0.15, 0.2) is 0 Å². The molecule has 0 radical (unpaired) electrons. The van der Waals surface area contributed by atoms with Gasteiger partial charge in [0, 0.05) is 29.7 Å². The van der Waals surface area contributed by atoms with Gasteiger partial charge in [-0.1, -0.05) is 11.6 Å². The molecular weight excluding hydrogens is 324 g/mol. The summed E-state index contributed by atoms with van der Waals surface area (Å²) < 4.78 is 5.71. The fraction of sp³-hybridized carbons (Fsp3) is 0.526. The van der Waals surface area contributed by atoms with Gasteiger partial charge in [-0.2, -0.15) is 0 Å². The molecule has 0 bridgehead atoms. The SMILES string of the molecule is O=C(C1=Cc2cc(Cl)ccc2OC1)N1CCC(NCC2CC2)CC1. The zero-order valence-corrected chi connectivity index (χ0v) is 14.5. The predicted octanol–water partition coefficient (Wildman–Crippen LogP) is 3.11. The molecule has 4 nitrogen and oxygen atoms in total. The maximum absolute atomic E-state index is 12.8. The van der Waals surface area contributed by atoms with Gasteiger partial charge in [0.2, 0.25) is 0 Å². The minimum atomic E-state index is 0.0984. The highest BCUT2D eigenvalue weighted by atomic mass is 35.5. The fourth-order valence-electron chi connectivity index (χ4n) is 3.42. The van der Waals surface area contributed by atoms with Gasteiger partial charge >= 0.3 is 0 Å². The van der Waals surface area contributed by atoms with Crippen molar-refractivity contribution in [1.82, 2.24) is 10.2 Å². The highest BCUT2D eigenvalue weighted by molar-refractivity contribution is 6.30. The van der Waals surface area contributed by atoms with Crippen molar-refractivity contribution in [3.05, 3.63) is 34.4 Å². The molecule has 1 saturated heterocycles. The van der Waals surface area contributed by atoms with E-state index < -0.39 is 0 Å². The van der Waals surface area contributed by atoms with E-state index in [4.69, 9.17) is 16.3 Å². The van der Waals surface area contributed by atoms with Crippen molar-refractivity contribution in [2.24, 2.45) is 5.92 Å². The van der Waals surface area contributed by atoms with Crippen molar-refractivity contribution < 1.29 is 9.53 Å². The monoisotopic (exact) mass is 346 g/mol. The molecule has 2 aliphatic heterocycles. The molecule has 3 aliphatic rings. The van der Waals surface area contributed by atoms with Crippen LogP contribution in [0.15, 0.2) is 23.8 Å². The molecular formula is C19H23ClN2O2. The van der Waals surface area contributed by atoms with E-state index in [-0.39, 0.29) is 5.91 Å². The van der Waals surface area contributed by atoms with Crippen LogP contribution in [0.2, 0.25) is 5.02 Å². The molecule has 4 rings (SSSR count). The number of rotatable bonds is 4. The van der Waals surface area contributed by atoms with E-state index in [0.29, 0.717) is 23.2 Å². The van der Waals surface area contributed by atoms with Crippen LogP contribution in [0, 0.1) is 5.92 Å². The van der Waals surface area contributed by atoms with Crippen LogP contribution in [0.5, 0.6) is 5.75 Å². The summed E-state index contributed by atoms with van der Waals surface area (Å²) in [6.45, 7) is 3.13. The fourth-order valence-corrected chi connectivity index (χ4v) is 3.60. The third-order valence-electron chi connectivity index (χ3n) is 5.13. The third kappa shape index (κ3) is 3.60. The summed E-state index contributed by atoms with van der Waals surface area (Å²) in [4.78, 5) is 14.7. The Morgan fingerprint density at radius 3 is 2.79 bits per heavy atom. The first-order chi connectivity index (χ1) is 11.7. The lowest BCUT2D eigenvalue weighted by Crippen LogP contribution is -2.46. The Bertz CT molecular complexity index is 661. The lowest BCUT2D eigenvalue weighted by Gasteiger charge is -2.33. The number of ether oxygens (including phenoxy) is 1. The van der Waals surface area contributed by atoms with Crippen LogP contribution in [-0.4, -0.2) is 43.1 Å². The Labute approximate surface area is 147 Å². The molecule has 1 aromatic rings. The number of hydrogen-bond acceptors (Lipinski definition) is 3. The molecule has 1 saturated carbocycles. The van der Waals surface area contributed by atoms with Crippen LogP contribution < -0.4 is 10.1 Å². The number of amides is 1. The van der Waals surface area contributed by atoms with Crippen LogP contribution in [0.1, 0.15) is 31.2 Å². The van der Waals surface area contributed by atoms with Crippen molar-refractivity contribution in [3.8, 4) is 5.75 Å². The van der Waals surface area contributed by atoms with Gasteiger partial charge in [-0.15, -0.1) is 0 Å². The van der Waals surface area contributed by atoms with Crippen LogP contribution in [0.25, 0.3) is 6.08 Å². The maximum atomic E-state index is 12.8. The van der Waals surface area contributed by atoms with Gasteiger partial charge < -0.3 is 15.0 Å². The number of fused-ring (bicyclic) bond motifs is 1. The normalized spacial score (nSPS) is 21.0. The Morgan fingerprint density at radius 2 is 2.04 bits per heavy atom. The molecule has 0 aromatic heterocycles. The number of nitrogens with zero attached hydrogens (tertiary/aromatic N) is 1. The Kier molecular flexibility index (Phi) is 4.51. The number of likely N-dealkylation sites (tertiary alicyclic amines) is 1. The zero-order chi connectivity index (χ0) is 16.5. The molecule has 0 atom stereocenters. The van der Waals surface area contributed by atoms with Crippen LogP contribution in [-0.2, 0) is 4.79 Å². The molecule has 1 aliphatic carbocycles. The largest absolute Gasteiger partial charge is 0.488 e. The van der Waals surface area contributed by atoms with Gasteiger partial charge in [-0.3, -0.25) is 4.79 Å². The lowest BCUT2D eigenvalue weighted by molar-refractivity contribution is -0.128. The standard InChI is InChI=1S/C19H23ClN2O2/c20-16-3-4-18-14(10-16)9-15(12-24-18)19(23)22-7-5-17(6-8-22)21-11-13-1-2-13/h3-4,9-10,13,17,21H,1-2,5-8,11-12H2. The van der Waals surface area contributed by atoms with E-state index >= 15 is 0 Å². The molecule has 0 unspecified atom stereocenters. The topological polar surface area (TPSA) is 41.6 Å². The number of carbonyl (C=O) groups is 1. The second kappa shape index (κ2) is 6.77. The third-order valence-corrected chi connectivity index (χ3v) is 5.37. The molecule has 24 heavy (non-hydrogen) atoms. The number of piperidine rings is 1. The van der Waals surface area contributed by atoms with Crippen molar-refractivity contribution >= 4 is 23.6 Å². The maximum Gasteiger partial charge on any atom is 0.253 e. The summed E-state index contributed by atoms with van der Waals surface area (Å²) >= 11 is 6.04. The van der Waals surface area contributed by atoms with E-state index in [1.54, 1.807) is 6.07 Å². The second-order valence-electron chi connectivity index (χ2n) is 7.06. The van der Waals surface area contributed by atoms with Gasteiger partial charge in [-0.25, -0.2) is 0 Å². The predicted molar refractivity (Wildman–Crippen MR) is 95.3 cm³/mol. The summed E-state index contributed by atoms with van der Waals surface area (Å²) in [5, 5.41) is 4.31. The van der Waals surface area contributed by atoms with E-state index in [1.165, 1.54) is 12.8 Å². The smallest absolute Gasteiger partial charge is 0.253 e.